The van der Waals surface area contributed by atoms with Crippen molar-refractivity contribution in [2.45, 2.75) is 24.3 Å². The number of aliphatic carboxylic acids is 1. The lowest BCUT2D eigenvalue weighted by atomic mass is 10.2. The number of amides is 1. The summed E-state index contributed by atoms with van der Waals surface area (Å²) in [7, 11) is -3.65. The lowest BCUT2D eigenvalue weighted by Gasteiger charge is -2.12. The van der Waals surface area contributed by atoms with Gasteiger partial charge in [-0.3, -0.25) is 0 Å². The predicted molar refractivity (Wildman–Crippen MR) is 77.8 cm³/mol. The monoisotopic (exact) mass is 325 g/mol. The smallest absolute Gasteiger partial charge is 0.408 e. The van der Waals surface area contributed by atoms with Gasteiger partial charge in [0.15, 0.2) is 0 Å². The number of carboxylic acids is 1. The van der Waals surface area contributed by atoms with E-state index in [0.29, 0.717) is 5.56 Å². The van der Waals surface area contributed by atoms with E-state index >= 15 is 0 Å². The van der Waals surface area contributed by atoms with Crippen LogP contribution in [0.15, 0.2) is 34.1 Å². The Bertz CT molecular complexity index is 737. The van der Waals surface area contributed by atoms with Crippen LogP contribution in [-0.2, 0) is 19.4 Å². The number of nitrogens with one attached hydrogen (secondary N) is 1. The van der Waals surface area contributed by atoms with Crippen molar-refractivity contribution >= 4 is 28.0 Å². The van der Waals surface area contributed by atoms with Gasteiger partial charge in [-0.15, -0.1) is 0 Å². The molecule has 0 aliphatic carbocycles. The van der Waals surface area contributed by atoms with Crippen LogP contribution in [0.25, 0.3) is 6.08 Å². The maximum atomic E-state index is 12.2. The highest BCUT2D eigenvalue weighted by molar-refractivity contribution is 7.95. The minimum Gasteiger partial charge on any atom is -0.480 e. The molecular weight excluding hydrogens is 310 g/mol. The zero-order valence-corrected chi connectivity index (χ0v) is 12.6. The van der Waals surface area contributed by atoms with E-state index in [2.05, 4.69) is 5.32 Å². The van der Waals surface area contributed by atoms with Crippen molar-refractivity contribution in [3.8, 4) is 0 Å². The summed E-state index contributed by atoms with van der Waals surface area (Å²) in [4.78, 5) is 22.5. The van der Waals surface area contributed by atoms with Crippen molar-refractivity contribution in [1.29, 1.82) is 0 Å². The van der Waals surface area contributed by atoms with E-state index in [0.717, 1.165) is 0 Å². The van der Waals surface area contributed by atoms with Crippen LogP contribution in [0.5, 0.6) is 0 Å². The molecule has 8 heteroatoms. The molecule has 0 unspecified atom stereocenters. The molecule has 1 aliphatic rings. The van der Waals surface area contributed by atoms with Gasteiger partial charge in [0, 0.05) is 0 Å². The first kappa shape index (κ1) is 16.0. The van der Waals surface area contributed by atoms with E-state index in [1.807, 2.05) is 0 Å². The number of carbonyl (C=O) groups excluding carboxylic acids is 1. The lowest BCUT2D eigenvalue weighted by Crippen LogP contribution is -2.40. The fraction of sp³-hybridized carbons (Fsp3) is 0.286. The van der Waals surface area contributed by atoms with Gasteiger partial charge in [0.25, 0.3) is 0 Å². The molecule has 0 aromatic heterocycles. The Labute approximate surface area is 127 Å². The molecule has 0 radical (unpaired) electrons. The molecule has 2 rings (SSSR count). The molecule has 0 saturated carbocycles. The number of hydrogen-bond acceptors (Lipinski definition) is 5. The van der Waals surface area contributed by atoms with Gasteiger partial charge in [0.05, 0.1) is 9.80 Å². The summed E-state index contributed by atoms with van der Waals surface area (Å²) in [5.41, 5.74) is 0.540. The summed E-state index contributed by atoms with van der Waals surface area (Å²) in [5.74, 6) is -1.18. The van der Waals surface area contributed by atoms with Crippen LogP contribution < -0.4 is 5.32 Å². The van der Waals surface area contributed by atoms with Crippen LogP contribution in [0.1, 0.15) is 18.9 Å². The van der Waals surface area contributed by atoms with Crippen LogP contribution in [0, 0.1) is 0 Å². The first-order valence-electron chi connectivity index (χ1n) is 6.57. The maximum Gasteiger partial charge on any atom is 0.408 e. The molecule has 0 bridgehead atoms. The summed E-state index contributed by atoms with van der Waals surface area (Å²) >= 11 is 0. The molecule has 1 aliphatic heterocycles. The Kier molecular flexibility index (Phi) is 4.51. The predicted octanol–water partition coefficient (Wildman–Crippen LogP) is 1.40. The Balaban J connectivity index is 2.02. The number of fused-ring (bicyclic) bond motifs is 1. The zero-order valence-electron chi connectivity index (χ0n) is 11.8. The van der Waals surface area contributed by atoms with Gasteiger partial charge < -0.3 is 15.2 Å². The second-order valence-electron chi connectivity index (χ2n) is 4.67. The Morgan fingerprint density at radius 1 is 1.32 bits per heavy atom. The van der Waals surface area contributed by atoms with E-state index in [-0.39, 0.29) is 16.2 Å². The van der Waals surface area contributed by atoms with Gasteiger partial charge in [-0.05, 0) is 24.1 Å². The molecule has 1 aromatic carbocycles. The number of carboxylic acid groups (broad SMARTS) is 1. The van der Waals surface area contributed by atoms with E-state index in [1.165, 1.54) is 12.1 Å². The van der Waals surface area contributed by atoms with Crippen molar-refractivity contribution in [3.63, 3.8) is 0 Å². The minimum absolute atomic E-state index is 0.0350. The second kappa shape index (κ2) is 6.18. The molecule has 1 atom stereocenters. The molecule has 0 fully saturated rings. The molecule has 1 amide bonds. The third kappa shape index (κ3) is 3.11. The Morgan fingerprint density at radius 2 is 2.00 bits per heavy atom. The topological polar surface area (TPSA) is 110 Å². The molecule has 1 heterocycles. The summed E-state index contributed by atoms with van der Waals surface area (Å²) in [6.45, 7) is 1.15. The number of sulfone groups is 1. The first-order chi connectivity index (χ1) is 10.4. The van der Waals surface area contributed by atoms with E-state index in [9.17, 15) is 18.0 Å². The van der Waals surface area contributed by atoms with Crippen molar-refractivity contribution < 1.29 is 27.9 Å². The summed E-state index contributed by atoms with van der Waals surface area (Å²) < 4.78 is 29.2. The quantitative estimate of drug-likeness (QED) is 0.847. The van der Waals surface area contributed by atoms with E-state index in [1.54, 1.807) is 25.1 Å². The van der Waals surface area contributed by atoms with Gasteiger partial charge in [-0.1, -0.05) is 25.1 Å². The normalized spacial score (nSPS) is 16.3. The molecule has 0 spiro atoms. The lowest BCUT2D eigenvalue weighted by molar-refractivity contribution is -0.139. The van der Waals surface area contributed by atoms with Crippen molar-refractivity contribution in [1.82, 2.24) is 5.32 Å². The molecule has 22 heavy (non-hydrogen) atoms. The SMILES string of the molecule is CC[C@H](NC(=O)OCC1=Cc2ccccc2S1(=O)=O)C(=O)O. The van der Waals surface area contributed by atoms with Gasteiger partial charge >= 0.3 is 12.1 Å². The highest BCUT2D eigenvalue weighted by Gasteiger charge is 2.30. The number of carbonyl (C=O) groups is 2. The van der Waals surface area contributed by atoms with Crippen LogP contribution in [0.4, 0.5) is 4.79 Å². The van der Waals surface area contributed by atoms with Gasteiger partial charge in [-0.25, -0.2) is 18.0 Å². The number of alkyl carbamates (subject to hydrolysis) is 1. The molecular formula is C14H15NO6S. The van der Waals surface area contributed by atoms with Gasteiger partial charge in [0.1, 0.15) is 12.6 Å². The summed E-state index contributed by atoms with van der Waals surface area (Å²) in [6.07, 6.45) is 0.657. The average molecular weight is 325 g/mol. The van der Waals surface area contributed by atoms with Crippen LogP contribution in [0.2, 0.25) is 0 Å². The molecule has 7 nitrogen and oxygen atoms in total. The van der Waals surface area contributed by atoms with Crippen LogP contribution in [-0.4, -0.2) is 38.2 Å². The molecule has 1 aromatic rings. The third-order valence-corrected chi connectivity index (χ3v) is 5.09. The van der Waals surface area contributed by atoms with Crippen molar-refractivity contribution in [2.75, 3.05) is 6.61 Å². The summed E-state index contributed by atoms with van der Waals surface area (Å²) in [6, 6.07) is 5.38. The summed E-state index contributed by atoms with van der Waals surface area (Å²) in [5, 5.41) is 11.0. The van der Waals surface area contributed by atoms with E-state index < -0.39 is 34.5 Å². The number of rotatable bonds is 5. The number of benzene rings is 1. The van der Waals surface area contributed by atoms with Crippen LogP contribution in [0.3, 0.4) is 0 Å². The van der Waals surface area contributed by atoms with Crippen molar-refractivity contribution in [3.05, 3.63) is 34.7 Å². The second-order valence-corrected chi connectivity index (χ2v) is 6.64. The highest BCUT2D eigenvalue weighted by Crippen LogP contribution is 2.32. The largest absolute Gasteiger partial charge is 0.480 e. The molecule has 0 saturated heterocycles. The van der Waals surface area contributed by atoms with Gasteiger partial charge in [-0.2, -0.15) is 0 Å². The Hall–Kier alpha value is -2.35. The fourth-order valence-electron chi connectivity index (χ4n) is 2.02. The first-order valence-corrected chi connectivity index (χ1v) is 8.05. The highest BCUT2D eigenvalue weighted by atomic mass is 32.2. The number of ether oxygens (including phenoxy) is 1. The molecule has 118 valence electrons. The zero-order chi connectivity index (χ0) is 16.3. The average Bonchev–Trinajstić information content (AvgIpc) is 2.73. The van der Waals surface area contributed by atoms with Crippen LogP contribution >= 0.6 is 0 Å². The molecule has 2 N–H and O–H groups in total. The standard InChI is InChI=1S/C14H15NO6S/c1-2-11(13(16)17)15-14(18)21-8-10-7-9-5-3-4-6-12(9)22(10,19)20/h3-7,11H,2,8H2,1H3,(H,15,18)(H,16,17)/t11-/m0/s1. The number of hydrogen-bond donors (Lipinski definition) is 2. The third-order valence-electron chi connectivity index (χ3n) is 3.21. The maximum absolute atomic E-state index is 12.2. The Morgan fingerprint density at radius 3 is 2.59 bits per heavy atom. The van der Waals surface area contributed by atoms with Crippen molar-refractivity contribution in [2.24, 2.45) is 0 Å². The van der Waals surface area contributed by atoms with E-state index in [4.69, 9.17) is 9.84 Å². The fourth-order valence-corrected chi connectivity index (χ4v) is 3.49. The van der Waals surface area contributed by atoms with Gasteiger partial charge in [0.2, 0.25) is 9.84 Å². The minimum atomic E-state index is -3.65.